The zero-order valence-corrected chi connectivity index (χ0v) is 16.3. The van der Waals surface area contributed by atoms with Gasteiger partial charge in [-0.25, -0.2) is 0 Å². The second kappa shape index (κ2) is 15.4. The molecule has 0 radical (unpaired) electrons. The highest BCUT2D eigenvalue weighted by atomic mass is 127. The average Bonchev–Trinajstić information content (AvgIpc) is 2.39. The molecule has 0 unspecified atom stereocenters. The summed E-state index contributed by atoms with van der Waals surface area (Å²) in [6.45, 7) is 10.7. The van der Waals surface area contributed by atoms with Crippen LogP contribution < -0.4 is 24.0 Å². The Morgan fingerprint density at radius 3 is 1.16 bits per heavy atom. The third-order valence-corrected chi connectivity index (χ3v) is 4.47. The van der Waals surface area contributed by atoms with Crippen molar-refractivity contribution in [1.82, 2.24) is 0 Å². The molecule has 0 saturated carbocycles. The Labute approximate surface area is 144 Å². The van der Waals surface area contributed by atoms with Crippen LogP contribution in [-0.4, -0.2) is 30.1 Å². The van der Waals surface area contributed by atoms with Crippen LogP contribution in [0.5, 0.6) is 0 Å². The third kappa shape index (κ3) is 11.3. The van der Waals surface area contributed by atoms with Crippen LogP contribution in [0.2, 0.25) is 0 Å². The summed E-state index contributed by atoms with van der Waals surface area (Å²) in [5.74, 6) is 0. The van der Waals surface area contributed by atoms with Gasteiger partial charge in [0.25, 0.3) is 0 Å². The smallest absolute Gasteiger partial charge is 0.154 e. The SMILES string of the molecule is CCCCC[N+](CCl)(CCCCC)CCCCC.[I-]. The molecule has 0 amide bonds. The molecule has 0 aromatic rings. The predicted molar refractivity (Wildman–Crippen MR) is 84.2 cm³/mol. The van der Waals surface area contributed by atoms with Crippen LogP contribution in [0.15, 0.2) is 0 Å². The van der Waals surface area contributed by atoms with E-state index in [4.69, 9.17) is 11.6 Å². The summed E-state index contributed by atoms with van der Waals surface area (Å²) >= 11 is 6.33. The van der Waals surface area contributed by atoms with Crippen LogP contribution in [0.25, 0.3) is 0 Å². The van der Waals surface area contributed by atoms with Crippen molar-refractivity contribution in [3.63, 3.8) is 0 Å². The Bertz CT molecular complexity index is 150. The van der Waals surface area contributed by atoms with Gasteiger partial charge in [-0.15, -0.1) is 0 Å². The number of rotatable bonds is 13. The number of hydrogen-bond acceptors (Lipinski definition) is 0. The molecule has 0 spiro atoms. The summed E-state index contributed by atoms with van der Waals surface area (Å²) in [6, 6.07) is 0.817. The van der Waals surface area contributed by atoms with Gasteiger partial charge in [-0.2, -0.15) is 0 Å². The topological polar surface area (TPSA) is 0 Å². The summed E-state index contributed by atoms with van der Waals surface area (Å²) in [7, 11) is 0. The lowest BCUT2D eigenvalue weighted by Crippen LogP contribution is -3.00. The van der Waals surface area contributed by atoms with Gasteiger partial charge in [-0.3, -0.25) is 0 Å². The number of alkyl halides is 1. The van der Waals surface area contributed by atoms with Gasteiger partial charge in [0, 0.05) is 0 Å². The number of quaternary nitrogens is 1. The lowest BCUT2D eigenvalue weighted by molar-refractivity contribution is -0.918. The van der Waals surface area contributed by atoms with E-state index in [-0.39, 0.29) is 24.0 Å². The molecule has 3 heteroatoms. The van der Waals surface area contributed by atoms with Crippen molar-refractivity contribution in [2.45, 2.75) is 78.6 Å². The molecule has 0 atom stereocenters. The minimum atomic E-state index is 0. The van der Waals surface area contributed by atoms with E-state index >= 15 is 0 Å². The van der Waals surface area contributed by atoms with Crippen LogP contribution in [-0.2, 0) is 0 Å². The normalized spacial score (nSPS) is 11.4. The van der Waals surface area contributed by atoms with Crippen molar-refractivity contribution in [2.75, 3.05) is 25.6 Å². The first-order chi connectivity index (χ1) is 8.74. The highest BCUT2D eigenvalue weighted by Crippen LogP contribution is 2.17. The molecule has 0 rings (SSSR count). The Morgan fingerprint density at radius 2 is 0.947 bits per heavy atom. The molecule has 0 aliphatic heterocycles. The van der Waals surface area contributed by atoms with Crippen molar-refractivity contribution in [2.24, 2.45) is 0 Å². The molecular weight excluding hydrogens is 369 g/mol. The molecule has 0 heterocycles. The molecule has 118 valence electrons. The molecule has 0 aromatic heterocycles. The van der Waals surface area contributed by atoms with Gasteiger partial charge in [0.1, 0.15) is 0 Å². The van der Waals surface area contributed by atoms with Crippen molar-refractivity contribution in [3.05, 3.63) is 0 Å². The van der Waals surface area contributed by atoms with E-state index in [2.05, 4.69) is 20.8 Å². The standard InChI is InChI=1S/C16H35ClN.HI/c1-4-7-10-13-18(16-17,14-11-8-5-2)15-12-9-6-3;/h4-16H2,1-3H3;1H/q+1;/p-1. The molecule has 0 saturated heterocycles. The van der Waals surface area contributed by atoms with E-state index in [9.17, 15) is 0 Å². The summed E-state index contributed by atoms with van der Waals surface area (Å²) < 4.78 is 1.17. The van der Waals surface area contributed by atoms with Gasteiger partial charge < -0.3 is 28.5 Å². The van der Waals surface area contributed by atoms with Crippen molar-refractivity contribution in [1.29, 1.82) is 0 Å². The predicted octanol–water partition coefficient (Wildman–Crippen LogP) is 2.57. The van der Waals surface area contributed by atoms with E-state index in [1.165, 1.54) is 81.9 Å². The Kier molecular flexibility index (Phi) is 18.0. The van der Waals surface area contributed by atoms with E-state index in [1.807, 2.05) is 0 Å². The molecule has 0 N–H and O–H groups in total. The molecule has 0 aliphatic carbocycles. The first kappa shape index (κ1) is 22.3. The number of unbranched alkanes of at least 4 members (excludes halogenated alkanes) is 6. The van der Waals surface area contributed by atoms with Crippen LogP contribution in [0.4, 0.5) is 0 Å². The second-order valence-corrected chi connectivity index (χ2v) is 5.99. The summed E-state index contributed by atoms with van der Waals surface area (Å²) in [5, 5.41) is 0. The summed E-state index contributed by atoms with van der Waals surface area (Å²) in [6.07, 6.45) is 12.1. The molecule has 19 heavy (non-hydrogen) atoms. The van der Waals surface area contributed by atoms with Crippen molar-refractivity contribution < 1.29 is 28.5 Å². The Balaban J connectivity index is 0. The second-order valence-electron chi connectivity index (χ2n) is 5.75. The average molecular weight is 404 g/mol. The third-order valence-electron chi connectivity index (χ3n) is 3.96. The summed E-state index contributed by atoms with van der Waals surface area (Å²) in [4.78, 5) is 0. The lowest BCUT2D eigenvalue weighted by atomic mass is 10.1. The molecule has 0 aliphatic rings. The van der Waals surface area contributed by atoms with Crippen LogP contribution in [0.1, 0.15) is 78.6 Å². The minimum absolute atomic E-state index is 0. The number of nitrogens with zero attached hydrogens (tertiary/aromatic N) is 1. The monoisotopic (exact) mass is 403 g/mol. The Morgan fingerprint density at radius 1 is 0.632 bits per heavy atom. The maximum Gasteiger partial charge on any atom is 0.154 e. The zero-order valence-electron chi connectivity index (χ0n) is 13.4. The first-order valence-corrected chi connectivity index (χ1v) is 8.69. The molecule has 0 aromatic carbocycles. The van der Waals surface area contributed by atoms with E-state index in [1.54, 1.807) is 0 Å². The van der Waals surface area contributed by atoms with Crippen molar-refractivity contribution in [3.8, 4) is 0 Å². The summed E-state index contributed by atoms with van der Waals surface area (Å²) in [5.41, 5.74) is 0. The molecule has 0 fully saturated rings. The maximum atomic E-state index is 6.33. The van der Waals surface area contributed by atoms with E-state index in [0.29, 0.717) is 0 Å². The number of halogens is 2. The Hall–Kier alpha value is 0.980. The first-order valence-electron chi connectivity index (χ1n) is 8.15. The highest BCUT2D eigenvalue weighted by Gasteiger charge is 2.24. The fraction of sp³-hybridized carbons (Fsp3) is 1.00. The largest absolute Gasteiger partial charge is 1.00 e. The zero-order chi connectivity index (χ0) is 13.7. The van der Waals surface area contributed by atoms with Gasteiger partial charge in [0.05, 0.1) is 19.6 Å². The van der Waals surface area contributed by atoms with E-state index < -0.39 is 0 Å². The highest BCUT2D eigenvalue weighted by molar-refractivity contribution is 6.16. The van der Waals surface area contributed by atoms with Gasteiger partial charge in [0.2, 0.25) is 0 Å². The molecule has 1 nitrogen and oxygen atoms in total. The quantitative estimate of drug-likeness (QED) is 0.146. The molecule has 0 bridgehead atoms. The van der Waals surface area contributed by atoms with Gasteiger partial charge in [-0.05, 0) is 38.5 Å². The van der Waals surface area contributed by atoms with Crippen LogP contribution in [0.3, 0.4) is 0 Å². The van der Waals surface area contributed by atoms with Gasteiger partial charge in [-0.1, -0.05) is 51.6 Å². The van der Waals surface area contributed by atoms with E-state index in [0.717, 1.165) is 6.00 Å². The fourth-order valence-corrected chi connectivity index (χ4v) is 2.96. The molecular formula is C16H35ClIN. The fourth-order valence-electron chi connectivity index (χ4n) is 2.61. The maximum absolute atomic E-state index is 6.33. The van der Waals surface area contributed by atoms with Gasteiger partial charge in [0.15, 0.2) is 6.00 Å². The lowest BCUT2D eigenvalue weighted by Gasteiger charge is -2.37. The van der Waals surface area contributed by atoms with Crippen LogP contribution in [0, 0.1) is 0 Å². The minimum Gasteiger partial charge on any atom is -1.00 e. The van der Waals surface area contributed by atoms with Gasteiger partial charge >= 0.3 is 0 Å². The number of hydrogen-bond donors (Lipinski definition) is 0. The van der Waals surface area contributed by atoms with Crippen LogP contribution >= 0.6 is 11.6 Å². The van der Waals surface area contributed by atoms with Crippen molar-refractivity contribution >= 4 is 11.6 Å².